The smallest absolute Gasteiger partial charge is 0.305 e. The highest BCUT2D eigenvalue weighted by Crippen LogP contribution is 2.37. The van der Waals surface area contributed by atoms with E-state index in [1.165, 1.54) is 26.0 Å². The van der Waals surface area contributed by atoms with Gasteiger partial charge in [-0.25, -0.2) is 4.39 Å². The number of hydrogen-bond donors (Lipinski definition) is 1. The molecular formula is C24H26FNO3. The first-order valence-electron chi connectivity index (χ1n) is 10.2. The fourth-order valence-corrected chi connectivity index (χ4v) is 4.10. The van der Waals surface area contributed by atoms with Crippen LogP contribution in [-0.2, 0) is 16.0 Å². The molecule has 4 rings (SSSR count). The first-order valence-corrected chi connectivity index (χ1v) is 10.2. The van der Waals surface area contributed by atoms with Crippen LogP contribution in [0.1, 0.15) is 37.7 Å². The van der Waals surface area contributed by atoms with Gasteiger partial charge in [-0.2, -0.15) is 0 Å². The summed E-state index contributed by atoms with van der Waals surface area (Å²) >= 11 is 0. The average Bonchev–Trinajstić information content (AvgIpc) is 3.41. The van der Waals surface area contributed by atoms with Crippen LogP contribution in [0.15, 0.2) is 42.6 Å². The van der Waals surface area contributed by atoms with Crippen molar-refractivity contribution in [3.63, 3.8) is 0 Å². The summed E-state index contributed by atoms with van der Waals surface area (Å²) in [7, 11) is 1.36. The second kappa shape index (κ2) is 8.68. The minimum absolute atomic E-state index is 0.217. The Hall–Kier alpha value is -2.82. The summed E-state index contributed by atoms with van der Waals surface area (Å²) < 4.78 is 25.8. The number of aromatic amines is 1. The Balaban J connectivity index is 1.68. The second-order valence-corrected chi connectivity index (χ2v) is 7.77. The van der Waals surface area contributed by atoms with Crippen molar-refractivity contribution in [3.8, 4) is 16.9 Å². The van der Waals surface area contributed by atoms with E-state index in [-0.39, 0.29) is 18.2 Å². The number of benzene rings is 2. The SMILES string of the molecule is COC(=O)CCc1cc(F)c(OCC2CCCC2)c(-c2ccc3[nH]ccc3c2)c1. The van der Waals surface area contributed by atoms with Gasteiger partial charge in [0, 0.05) is 23.7 Å². The molecule has 1 N–H and O–H groups in total. The Kier molecular flexibility index (Phi) is 5.84. The van der Waals surface area contributed by atoms with Crippen LogP contribution in [0.4, 0.5) is 4.39 Å². The topological polar surface area (TPSA) is 51.3 Å². The number of aryl methyl sites for hydroxylation is 1. The lowest BCUT2D eigenvalue weighted by atomic mass is 9.98. The predicted molar refractivity (Wildman–Crippen MR) is 111 cm³/mol. The zero-order valence-electron chi connectivity index (χ0n) is 16.7. The standard InChI is InChI=1S/C24H26FNO3/c1-28-23(27)9-6-17-12-20(18-7-8-22-19(14-18)10-11-26-22)24(21(25)13-17)29-15-16-4-2-3-5-16/h7-8,10-14,16,26H,2-6,9,15H2,1H3. The number of carbonyl (C=O) groups excluding carboxylic acids is 1. The zero-order valence-corrected chi connectivity index (χ0v) is 16.7. The number of nitrogens with one attached hydrogen (secondary N) is 1. The molecule has 29 heavy (non-hydrogen) atoms. The highest BCUT2D eigenvalue weighted by molar-refractivity contribution is 5.86. The number of fused-ring (bicyclic) bond motifs is 1. The van der Waals surface area contributed by atoms with Crippen LogP contribution in [-0.4, -0.2) is 24.7 Å². The molecule has 5 heteroatoms. The lowest BCUT2D eigenvalue weighted by Gasteiger charge is -2.17. The van der Waals surface area contributed by atoms with Gasteiger partial charge in [0.15, 0.2) is 11.6 Å². The number of aromatic nitrogens is 1. The van der Waals surface area contributed by atoms with Crippen LogP contribution in [0.25, 0.3) is 22.0 Å². The van der Waals surface area contributed by atoms with Gasteiger partial charge in [-0.1, -0.05) is 18.9 Å². The molecule has 0 bridgehead atoms. The lowest BCUT2D eigenvalue weighted by molar-refractivity contribution is -0.140. The highest BCUT2D eigenvalue weighted by Gasteiger charge is 2.20. The third-order valence-corrected chi connectivity index (χ3v) is 5.75. The van der Waals surface area contributed by atoms with Gasteiger partial charge in [0.05, 0.1) is 13.7 Å². The molecule has 0 amide bonds. The fourth-order valence-electron chi connectivity index (χ4n) is 4.10. The third-order valence-electron chi connectivity index (χ3n) is 5.75. The van der Waals surface area contributed by atoms with E-state index in [0.717, 1.165) is 40.4 Å². The Morgan fingerprint density at radius 2 is 2.00 bits per heavy atom. The molecule has 0 unspecified atom stereocenters. The van der Waals surface area contributed by atoms with E-state index in [2.05, 4.69) is 4.98 Å². The van der Waals surface area contributed by atoms with Crippen LogP contribution < -0.4 is 4.74 Å². The first kappa shape index (κ1) is 19.5. The third kappa shape index (κ3) is 4.44. The van der Waals surface area contributed by atoms with Crippen LogP contribution in [0.5, 0.6) is 5.75 Å². The van der Waals surface area contributed by atoms with E-state index in [1.54, 1.807) is 0 Å². The molecule has 2 aromatic carbocycles. The zero-order chi connectivity index (χ0) is 20.2. The van der Waals surface area contributed by atoms with E-state index in [9.17, 15) is 4.79 Å². The average molecular weight is 395 g/mol. The van der Waals surface area contributed by atoms with Crippen LogP contribution in [0.3, 0.4) is 0 Å². The van der Waals surface area contributed by atoms with E-state index < -0.39 is 0 Å². The fraction of sp³-hybridized carbons (Fsp3) is 0.375. The predicted octanol–water partition coefficient (Wildman–Crippen LogP) is 5.65. The Bertz CT molecular complexity index is 1000. The Morgan fingerprint density at radius 1 is 1.17 bits per heavy atom. The summed E-state index contributed by atoms with van der Waals surface area (Å²) in [5.74, 6) is 0.110. The van der Waals surface area contributed by atoms with Gasteiger partial charge in [-0.3, -0.25) is 4.79 Å². The molecule has 1 aliphatic rings. The van der Waals surface area contributed by atoms with Crippen LogP contribution in [0.2, 0.25) is 0 Å². The molecule has 0 spiro atoms. The molecule has 1 aliphatic carbocycles. The number of carbonyl (C=O) groups is 1. The van der Waals surface area contributed by atoms with Crippen molar-refractivity contribution in [2.45, 2.75) is 38.5 Å². The van der Waals surface area contributed by atoms with E-state index in [0.29, 0.717) is 24.7 Å². The van der Waals surface area contributed by atoms with Gasteiger partial charge in [0.2, 0.25) is 0 Å². The molecule has 152 valence electrons. The molecular weight excluding hydrogens is 369 g/mol. The van der Waals surface area contributed by atoms with Crippen molar-refractivity contribution in [1.29, 1.82) is 0 Å². The molecule has 1 heterocycles. The van der Waals surface area contributed by atoms with Crippen molar-refractivity contribution in [3.05, 3.63) is 54.0 Å². The second-order valence-electron chi connectivity index (χ2n) is 7.77. The molecule has 1 aromatic heterocycles. The summed E-state index contributed by atoms with van der Waals surface area (Å²) in [4.78, 5) is 14.7. The summed E-state index contributed by atoms with van der Waals surface area (Å²) in [5, 5.41) is 1.06. The summed E-state index contributed by atoms with van der Waals surface area (Å²) in [5.41, 5.74) is 3.41. The summed E-state index contributed by atoms with van der Waals surface area (Å²) in [6.07, 6.45) is 7.26. The number of H-pyrrole nitrogens is 1. The minimum Gasteiger partial charge on any atom is -0.490 e. The van der Waals surface area contributed by atoms with Crippen LogP contribution in [0, 0.1) is 11.7 Å². The molecule has 3 aromatic rings. The van der Waals surface area contributed by atoms with Crippen molar-refractivity contribution in [2.75, 3.05) is 13.7 Å². The maximum atomic E-state index is 15.1. The Morgan fingerprint density at radius 3 is 2.79 bits per heavy atom. The highest BCUT2D eigenvalue weighted by atomic mass is 19.1. The summed E-state index contributed by atoms with van der Waals surface area (Å²) in [6, 6.07) is 11.4. The van der Waals surface area contributed by atoms with Gasteiger partial charge >= 0.3 is 5.97 Å². The first-order chi connectivity index (χ1) is 14.1. The molecule has 0 atom stereocenters. The molecule has 0 aliphatic heterocycles. The molecule has 1 saturated carbocycles. The van der Waals surface area contributed by atoms with E-state index in [4.69, 9.17) is 9.47 Å². The minimum atomic E-state index is -0.380. The number of hydrogen-bond acceptors (Lipinski definition) is 3. The number of rotatable bonds is 7. The van der Waals surface area contributed by atoms with Gasteiger partial charge in [-0.05, 0) is 72.0 Å². The quantitative estimate of drug-likeness (QED) is 0.526. The van der Waals surface area contributed by atoms with Gasteiger partial charge < -0.3 is 14.5 Å². The number of esters is 1. The molecule has 0 radical (unpaired) electrons. The lowest BCUT2D eigenvalue weighted by Crippen LogP contribution is -2.10. The Labute approximate surface area is 170 Å². The number of methoxy groups -OCH3 is 1. The monoisotopic (exact) mass is 395 g/mol. The largest absolute Gasteiger partial charge is 0.490 e. The van der Waals surface area contributed by atoms with Crippen molar-refractivity contribution in [2.24, 2.45) is 5.92 Å². The normalized spacial score (nSPS) is 14.4. The van der Waals surface area contributed by atoms with Crippen molar-refractivity contribution < 1.29 is 18.7 Å². The van der Waals surface area contributed by atoms with Gasteiger partial charge in [0.25, 0.3) is 0 Å². The molecule has 0 saturated heterocycles. The maximum Gasteiger partial charge on any atom is 0.305 e. The van der Waals surface area contributed by atoms with Crippen molar-refractivity contribution in [1.82, 2.24) is 4.98 Å². The van der Waals surface area contributed by atoms with Crippen molar-refractivity contribution >= 4 is 16.9 Å². The molecule has 4 nitrogen and oxygen atoms in total. The molecule has 1 fully saturated rings. The van der Waals surface area contributed by atoms with E-state index >= 15 is 4.39 Å². The van der Waals surface area contributed by atoms with Gasteiger partial charge in [0.1, 0.15) is 0 Å². The summed E-state index contributed by atoms with van der Waals surface area (Å²) in [6.45, 7) is 0.540. The van der Waals surface area contributed by atoms with Gasteiger partial charge in [-0.15, -0.1) is 0 Å². The van der Waals surface area contributed by atoms with Crippen LogP contribution >= 0.6 is 0 Å². The maximum absolute atomic E-state index is 15.1. The number of ether oxygens (including phenoxy) is 2. The van der Waals surface area contributed by atoms with E-state index in [1.807, 2.05) is 36.5 Å². The number of halogens is 1.